The molecular formula is C22H22F3NO2S. The Bertz CT molecular complexity index is 1010. The van der Waals surface area contributed by atoms with E-state index in [1.54, 1.807) is 6.26 Å². The molecule has 1 heterocycles. The number of alkyl halides is 3. The molecule has 2 aromatic carbocycles. The lowest BCUT2D eigenvalue weighted by atomic mass is 9.99. The van der Waals surface area contributed by atoms with Gasteiger partial charge < -0.3 is 9.32 Å². The summed E-state index contributed by atoms with van der Waals surface area (Å²) >= 11 is 1.39. The van der Waals surface area contributed by atoms with E-state index < -0.39 is 12.1 Å². The Kier molecular flexibility index (Phi) is 6.27. The number of hydrogen-bond donors (Lipinski definition) is 0. The molecule has 0 fully saturated rings. The molecule has 154 valence electrons. The van der Waals surface area contributed by atoms with Crippen LogP contribution in [0.15, 0.2) is 46.9 Å². The van der Waals surface area contributed by atoms with Crippen molar-refractivity contribution in [3.05, 3.63) is 59.4 Å². The lowest BCUT2D eigenvalue weighted by Crippen LogP contribution is -2.41. The number of thioether (sulfide) groups is 1. The van der Waals surface area contributed by atoms with Crippen molar-refractivity contribution in [2.24, 2.45) is 0 Å². The fraction of sp³-hybridized carbons (Fsp3) is 0.318. The molecule has 0 unspecified atom stereocenters. The number of rotatable bonds is 6. The van der Waals surface area contributed by atoms with Gasteiger partial charge in [-0.25, -0.2) is 0 Å². The minimum atomic E-state index is -4.93. The summed E-state index contributed by atoms with van der Waals surface area (Å²) in [6.07, 6.45) is -3.14. The van der Waals surface area contributed by atoms with Gasteiger partial charge in [-0.2, -0.15) is 24.9 Å². The molecule has 3 rings (SSSR count). The van der Waals surface area contributed by atoms with Gasteiger partial charge in [0.2, 0.25) is 0 Å². The van der Waals surface area contributed by atoms with Crippen LogP contribution < -0.4 is 0 Å². The molecule has 3 aromatic rings. The zero-order chi connectivity index (χ0) is 21.2. The first-order valence-corrected chi connectivity index (χ1v) is 10.5. The summed E-state index contributed by atoms with van der Waals surface area (Å²) < 4.78 is 45.3. The lowest BCUT2D eigenvalue weighted by molar-refractivity contribution is -0.186. The molecule has 0 spiro atoms. The Hall–Kier alpha value is -2.41. The van der Waals surface area contributed by atoms with Crippen LogP contribution in [0.4, 0.5) is 13.2 Å². The maximum absolute atomic E-state index is 13.1. The number of hydrogen-bond acceptors (Lipinski definition) is 3. The highest BCUT2D eigenvalue weighted by Gasteiger charge is 2.42. The summed E-state index contributed by atoms with van der Waals surface area (Å²) in [5, 5.41) is 0.827. The second-order valence-corrected chi connectivity index (χ2v) is 7.97. The lowest BCUT2D eigenvalue weighted by Gasteiger charge is -2.23. The highest BCUT2D eigenvalue weighted by molar-refractivity contribution is 7.98. The summed E-state index contributed by atoms with van der Waals surface area (Å²) in [4.78, 5) is 12.8. The number of nitrogens with zero attached hydrogens (tertiary/aromatic N) is 1. The van der Waals surface area contributed by atoms with E-state index in [1.165, 1.54) is 11.8 Å². The molecule has 0 radical (unpaired) electrons. The molecule has 0 bridgehead atoms. The Morgan fingerprint density at radius 1 is 1.07 bits per heavy atom. The third-order valence-corrected chi connectivity index (χ3v) is 5.28. The summed E-state index contributed by atoms with van der Waals surface area (Å²) in [6.45, 7) is 3.66. The minimum absolute atomic E-state index is 0.0110. The molecule has 0 aliphatic heterocycles. The van der Waals surface area contributed by atoms with Gasteiger partial charge in [-0.3, -0.25) is 4.79 Å². The van der Waals surface area contributed by atoms with Gasteiger partial charge in [-0.15, -0.1) is 0 Å². The van der Waals surface area contributed by atoms with Crippen molar-refractivity contribution in [2.75, 3.05) is 18.6 Å². The van der Waals surface area contributed by atoms with Gasteiger partial charge in [-0.05, 0) is 37.8 Å². The van der Waals surface area contributed by atoms with Crippen LogP contribution in [0.3, 0.4) is 0 Å². The summed E-state index contributed by atoms with van der Waals surface area (Å²) in [7, 11) is 0. The number of furan rings is 1. The van der Waals surface area contributed by atoms with Crippen LogP contribution in [-0.4, -0.2) is 35.5 Å². The van der Waals surface area contributed by atoms with Gasteiger partial charge in [0.15, 0.2) is 0 Å². The fourth-order valence-electron chi connectivity index (χ4n) is 3.22. The monoisotopic (exact) mass is 421 g/mol. The van der Waals surface area contributed by atoms with Gasteiger partial charge in [0.25, 0.3) is 0 Å². The predicted molar refractivity (Wildman–Crippen MR) is 111 cm³/mol. The van der Waals surface area contributed by atoms with Gasteiger partial charge in [0.1, 0.15) is 11.3 Å². The topological polar surface area (TPSA) is 33.5 Å². The Morgan fingerprint density at radius 3 is 2.34 bits per heavy atom. The second-order valence-electron chi connectivity index (χ2n) is 6.98. The first-order valence-electron chi connectivity index (χ1n) is 9.15. The fourth-order valence-corrected chi connectivity index (χ4v) is 3.62. The van der Waals surface area contributed by atoms with Gasteiger partial charge in [0, 0.05) is 23.2 Å². The number of carbonyl (C=O) groups excluding carboxylic acids is 1. The molecule has 3 nitrogen and oxygen atoms in total. The van der Waals surface area contributed by atoms with Crippen molar-refractivity contribution in [1.29, 1.82) is 0 Å². The van der Waals surface area contributed by atoms with Crippen LogP contribution >= 0.6 is 11.8 Å². The smallest absolute Gasteiger partial charge is 0.459 e. The average molecular weight is 421 g/mol. The van der Waals surface area contributed by atoms with Crippen LogP contribution in [0, 0.1) is 13.8 Å². The van der Waals surface area contributed by atoms with E-state index in [0.717, 1.165) is 32.5 Å². The molecule has 0 saturated heterocycles. The molecule has 1 amide bonds. The molecule has 0 saturated carbocycles. The molecule has 1 aromatic heterocycles. The van der Waals surface area contributed by atoms with Crippen molar-refractivity contribution in [2.45, 2.75) is 26.6 Å². The first-order chi connectivity index (χ1) is 13.7. The van der Waals surface area contributed by atoms with E-state index in [1.807, 2.05) is 56.3 Å². The van der Waals surface area contributed by atoms with Crippen molar-refractivity contribution >= 4 is 28.6 Å². The Morgan fingerprint density at radius 2 is 1.72 bits per heavy atom. The summed E-state index contributed by atoms with van der Waals surface area (Å²) in [5.41, 5.74) is 4.26. The van der Waals surface area contributed by atoms with Gasteiger partial charge in [-0.1, -0.05) is 41.5 Å². The Labute approximate surface area is 171 Å². The van der Waals surface area contributed by atoms with E-state index in [0.29, 0.717) is 17.1 Å². The third kappa shape index (κ3) is 4.78. The van der Waals surface area contributed by atoms with E-state index in [4.69, 9.17) is 4.42 Å². The molecule has 0 atom stereocenters. The van der Waals surface area contributed by atoms with Crippen molar-refractivity contribution in [3.63, 3.8) is 0 Å². The molecule has 29 heavy (non-hydrogen) atoms. The highest BCUT2D eigenvalue weighted by atomic mass is 32.2. The van der Waals surface area contributed by atoms with Crippen molar-refractivity contribution < 1.29 is 22.4 Å². The van der Waals surface area contributed by atoms with Gasteiger partial charge in [0.05, 0.1) is 6.54 Å². The van der Waals surface area contributed by atoms with Crippen molar-refractivity contribution in [3.8, 4) is 11.1 Å². The van der Waals surface area contributed by atoms with Crippen LogP contribution in [0.5, 0.6) is 0 Å². The number of carbonyl (C=O) groups is 1. The van der Waals surface area contributed by atoms with Crippen LogP contribution in [-0.2, 0) is 11.3 Å². The predicted octanol–water partition coefficient (Wildman–Crippen LogP) is 5.97. The molecule has 7 heteroatoms. The van der Waals surface area contributed by atoms with E-state index in [-0.39, 0.29) is 13.1 Å². The molecule has 0 aliphatic rings. The number of amides is 1. The average Bonchev–Trinajstić information content (AvgIpc) is 3.01. The van der Waals surface area contributed by atoms with Crippen LogP contribution in [0.1, 0.15) is 16.9 Å². The maximum Gasteiger partial charge on any atom is 0.471 e. The number of halogens is 3. The van der Waals surface area contributed by atoms with E-state index in [2.05, 4.69) is 0 Å². The summed E-state index contributed by atoms with van der Waals surface area (Å²) in [6, 6.07) is 13.4. The zero-order valence-corrected chi connectivity index (χ0v) is 17.3. The Balaban J connectivity index is 2.10. The molecule has 0 N–H and O–H groups in total. The molecular weight excluding hydrogens is 399 g/mol. The minimum Gasteiger partial charge on any atom is -0.459 e. The van der Waals surface area contributed by atoms with Crippen LogP contribution in [0.25, 0.3) is 22.1 Å². The third-order valence-electron chi connectivity index (χ3n) is 4.69. The SMILES string of the molecule is CSCCN(Cc1oc2ccc(C)cc2c1-c1ccc(C)cc1)C(=O)C(F)(F)F. The summed E-state index contributed by atoms with van der Waals surface area (Å²) in [5.74, 6) is -1.09. The quantitative estimate of drug-likeness (QED) is 0.492. The number of fused-ring (bicyclic) bond motifs is 1. The largest absolute Gasteiger partial charge is 0.471 e. The van der Waals surface area contributed by atoms with Gasteiger partial charge >= 0.3 is 12.1 Å². The standard InChI is InChI=1S/C22H22F3NO2S/c1-14-4-7-16(8-5-14)20-17-12-15(2)6-9-18(17)28-19(20)13-26(10-11-29-3)21(27)22(23,24)25/h4-9,12H,10-11,13H2,1-3H3. The van der Waals surface area contributed by atoms with E-state index in [9.17, 15) is 18.0 Å². The van der Waals surface area contributed by atoms with E-state index >= 15 is 0 Å². The first kappa shape index (κ1) is 21.3. The molecule has 0 aliphatic carbocycles. The number of benzene rings is 2. The number of aryl methyl sites for hydroxylation is 2. The normalized spacial score (nSPS) is 11.8. The van der Waals surface area contributed by atoms with Crippen LogP contribution in [0.2, 0.25) is 0 Å². The second kappa shape index (κ2) is 8.53. The maximum atomic E-state index is 13.1. The van der Waals surface area contributed by atoms with Crippen molar-refractivity contribution in [1.82, 2.24) is 4.90 Å². The zero-order valence-electron chi connectivity index (χ0n) is 16.5. The highest BCUT2D eigenvalue weighted by Crippen LogP contribution is 2.37.